The second-order valence-corrected chi connectivity index (χ2v) is 5.63. The summed E-state index contributed by atoms with van der Waals surface area (Å²) in [6.07, 6.45) is 2.02. The number of rotatable bonds is 5. The first-order chi connectivity index (χ1) is 9.08. The van der Waals surface area contributed by atoms with E-state index >= 15 is 0 Å². The van der Waals surface area contributed by atoms with Crippen molar-refractivity contribution < 1.29 is 8.78 Å². The van der Waals surface area contributed by atoms with Crippen LogP contribution in [-0.2, 0) is 6.54 Å². The van der Waals surface area contributed by atoms with Crippen LogP contribution in [0.15, 0.2) is 12.1 Å². The Balaban J connectivity index is 2.07. The molecule has 1 saturated heterocycles. The van der Waals surface area contributed by atoms with E-state index in [-0.39, 0.29) is 5.69 Å². The lowest BCUT2D eigenvalue weighted by molar-refractivity contribution is 0.542. The largest absolute Gasteiger partial charge is 0.367 e. The zero-order chi connectivity index (χ0) is 13.8. The maximum atomic E-state index is 14.0. The molecule has 1 aromatic rings. The van der Waals surface area contributed by atoms with Gasteiger partial charge in [0, 0.05) is 19.6 Å². The first kappa shape index (κ1) is 14.3. The molecular formula is C15H22F2N2. The topological polar surface area (TPSA) is 15.3 Å². The highest BCUT2D eigenvalue weighted by molar-refractivity contribution is 5.51. The van der Waals surface area contributed by atoms with Crippen molar-refractivity contribution in [2.75, 3.05) is 24.5 Å². The maximum Gasteiger partial charge on any atom is 0.149 e. The molecule has 106 valence electrons. The van der Waals surface area contributed by atoms with Crippen molar-refractivity contribution in [3.63, 3.8) is 0 Å². The van der Waals surface area contributed by atoms with E-state index in [9.17, 15) is 8.78 Å². The fraction of sp³-hybridized carbons (Fsp3) is 0.600. The monoisotopic (exact) mass is 268 g/mol. The molecule has 2 nitrogen and oxygen atoms in total. The van der Waals surface area contributed by atoms with Crippen molar-refractivity contribution >= 4 is 5.69 Å². The molecular weight excluding hydrogens is 246 g/mol. The summed E-state index contributed by atoms with van der Waals surface area (Å²) in [6.45, 7) is 7.05. The Bertz CT molecular complexity index is 403. The zero-order valence-electron chi connectivity index (χ0n) is 11.7. The molecule has 0 bridgehead atoms. The molecule has 0 atom stereocenters. The molecule has 1 aliphatic heterocycles. The maximum absolute atomic E-state index is 14.0. The Hall–Kier alpha value is -1.16. The lowest BCUT2D eigenvalue weighted by Gasteiger charge is -2.20. The number of hydrogen-bond donors (Lipinski definition) is 1. The van der Waals surface area contributed by atoms with Crippen LogP contribution in [-0.4, -0.2) is 19.6 Å². The van der Waals surface area contributed by atoms with E-state index < -0.39 is 11.6 Å². The Labute approximate surface area is 113 Å². The van der Waals surface area contributed by atoms with Gasteiger partial charge in [0.2, 0.25) is 0 Å². The normalized spacial score (nSPS) is 15.5. The summed E-state index contributed by atoms with van der Waals surface area (Å²) in [5, 5.41) is 3.20. The fourth-order valence-corrected chi connectivity index (χ4v) is 2.47. The second-order valence-electron chi connectivity index (χ2n) is 5.63. The smallest absolute Gasteiger partial charge is 0.149 e. The number of nitrogens with one attached hydrogen (secondary N) is 1. The van der Waals surface area contributed by atoms with Crippen LogP contribution in [0.5, 0.6) is 0 Å². The lowest BCUT2D eigenvalue weighted by atomic mass is 10.1. The highest BCUT2D eigenvalue weighted by atomic mass is 19.1. The van der Waals surface area contributed by atoms with Crippen molar-refractivity contribution in [3.05, 3.63) is 29.3 Å². The summed E-state index contributed by atoms with van der Waals surface area (Å²) in [6, 6.07) is 2.90. The first-order valence-electron chi connectivity index (χ1n) is 7.01. The van der Waals surface area contributed by atoms with Crippen LogP contribution in [0.4, 0.5) is 14.5 Å². The van der Waals surface area contributed by atoms with E-state index in [1.807, 2.05) is 0 Å². The third kappa shape index (κ3) is 3.66. The molecule has 0 amide bonds. The standard InChI is InChI=1S/C15H22F2N2/c1-11(2)9-18-10-12-7-13(16)15(14(17)8-12)19-5-3-4-6-19/h7-8,11,18H,3-6,9-10H2,1-2H3. The minimum atomic E-state index is -0.441. The molecule has 1 fully saturated rings. The van der Waals surface area contributed by atoms with Crippen LogP contribution in [0.25, 0.3) is 0 Å². The summed E-state index contributed by atoms with van der Waals surface area (Å²) in [7, 11) is 0. The Morgan fingerprint density at radius 1 is 1.16 bits per heavy atom. The first-order valence-corrected chi connectivity index (χ1v) is 7.01. The van der Waals surface area contributed by atoms with Gasteiger partial charge in [-0.15, -0.1) is 0 Å². The molecule has 2 rings (SSSR count). The summed E-state index contributed by atoms with van der Waals surface area (Å²) in [5.74, 6) is -0.356. The second kappa shape index (κ2) is 6.33. The molecule has 1 aliphatic rings. The highest BCUT2D eigenvalue weighted by Gasteiger charge is 2.20. The lowest BCUT2D eigenvalue weighted by Crippen LogP contribution is -2.22. The van der Waals surface area contributed by atoms with Gasteiger partial charge in [-0.25, -0.2) is 8.78 Å². The fourth-order valence-electron chi connectivity index (χ4n) is 2.47. The average molecular weight is 268 g/mol. The van der Waals surface area contributed by atoms with Crippen LogP contribution < -0.4 is 10.2 Å². The number of hydrogen-bond acceptors (Lipinski definition) is 2. The summed E-state index contributed by atoms with van der Waals surface area (Å²) >= 11 is 0. The van der Waals surface area contributed by atoms with E-state index in [0.717, 1.165) is 32.5 Å². The summed E-state index contributed by atoms with van der Waals surface area (Å²) < 4.78 is 28.1. The number of nitrogens with zero attached hydrogens (tertiary/aromatic N) is 1. The van der Waals surface area contributed by atoms with E-state index in [1.165, 1.54) is 12.1 Å². The third-order valence-electron chi connectivity index (χ3n) is 3.38. The highest BCUT2D eigenvalue weighted by Crippen LogP contribution is 2.28. The molecule has 0 unspecified atom stereocenters. The van der Waals surface area contributed by atoms with Crippen molar-refractivity contribution in [1.82, 2.24) is 5.32 Å². The van der Waals surface area contributed by atoms with Crippen molar-refractivity contribution in [2.45, 2.75) is 33.2 Å². The minimum absolute atomic E-state index is 0.144. The SMILES string of the molecule is CC(C)CNCc1cc(F)c(N2CCCC2)c(F)c1. The van der Waals surface area contributed by atoms with Gasteiger partial charge in [-0.3, -0.25) is 0 Å². The molecule has 0 radical (unpaired) electrons. The van der Waals surface area contributed by atoms with Gasteiger partial charge in [0.1, 0.15) is 17.3 Å². The van der Waals surface area contributed by atoms with Gasteiger partial charge >= 0.3 is 0 Å². The van der Waals surface area contributed by atoms with Gasteiger partial charge in [-0.1, -0.05) is 13.8 Å². The molecule has 1 heterocycles. The van der Waals surface area contributed by atoms with E-state index in [2.05, 4.69) is 19.2 Å². The van der Waals surface area contributed by atoms with Crippen LogP contribution >= 0.6 is 0 Å². The number of benzene rings is 1. The van der Waals surface area contributed by atoms with Crippen molar-refractivity contribution in [3.8, 4) is 0 Å². The zero-order valence-corrected chi connectivity index (χ0v) is 11.7. The number of halogens is 2. The van der Waals surface area contributed by atoms with Crippen LogP contribution in [0, 0.1) is 17.6 Å². The quantitative estimate of drug-likeness (QED) is 0.881. The molecule has 0 saturated carbocycles. The molecule has 1 aromatic carbocycles. The minimum Gasteiger partial charge on any atom is -0.367 e. The molecule has 19 heavy (non-hydrogen) atoms. The Morgan fingerprint density at radius 2 is 1.74 bits per heavy atom. The molecule has 0 aliphatic carbocycles. The Kier molecular flexibility index (Phi) is 4.75. The molecule has 0 spiro atoms. The summed E-state index contributed by atoms with van der Waals surface area (Å²) in [5.41, 5.74) is 0.809. The van der Waals surface area contributed by atoms with Gasteiger partial charge in [0.25, 0.3) is 0 Å². The van der Waals surface area contributed by atoms with Gasteiger partial charge < -0.3 is 10.2 Å². The third-order valence-corrected chi connectivity index (χ3v) is 3.38. The van der Waals surface area contributed by atoms with Gasteiger partial charge in [-0.2, -0.15) is 0 Å². The summed E-state index contributed by atoms with van der Waals surface area (Å²) in [4.78, 5) is 1.80. The van der Waals surface area contributed by atoms with Crippen LogP contribution in [0.2, 0.25) is 0 Å². The van der Waals surface area contributed by atoms with Crippen LogP contribution in [0.3, 0.4) is 0 Å². The van der Waals surface area contributed by atoms with Gasteiger partial charge in [0.15, 0.2) is 0 Å². The molecule has 1 N–H and O–H groups in total. The van der Waals surface area contributed by atoms with Crippen molar-refractivity contribution in [2.24, 2.45) is 5.92 Å². The van der Waals surface area contributed by atoms with Crippen molar-refractivity contribution in [1.29, 1.82) is 0 Å². The van der Waals surface area contributed by atoms with E-state index in [0.29, 0.717) is 18.0 Å². The predicted octanol–water partition coefficient (Wildman–Crippen LogP) is 3.31. The van der Waals surface area contributed by atoms with E-state index in [1.54, 1.807) is 4.90 Å². The molecule has 0 aromatic heterocycles. The Morgan fingerprint density at radius 3 is 2.26 bits per heavy atom. The van der Waals surface area contributed by atoms with Gasteiger partial charge in [-0.05, 0) is 43.0 Å². The average Bonchev–Trinajstić information content (AvgIpc) is 2.81. The number of anilines is 1. The molecule has 4 heteroatoms. The predicted molar refractivity (Wildman–Crippen MR) is 74.3 cm³/mol. The van der Waals surface area contributed by atoms with E-state index in [4.69, 9.17) is 0 Å². The van der Waals surface area contributed by atoms with Gasteiger partial charge in [0.05, 0.1) is 0 Å². The van der Waals surface area contributed by atoms with Crippen LogP contribution in [0.1, 0.15) is 32.3 Å².